The van der Waals surface area contributed by atoms with E-state index in [0.29, 0.717) is 5.56 Å². The highest BCUT2D eigenvalue weighted by molar-refractivity contribution is 14.1. The number of rotatable bonds is 2. The number of benzene rings is 2. The largest absolute Gasteiger partial charge is 0.192 e. The molecule has 1 nitrogen and oxygen atoms in total. The quantitative estimate of drug-likeness (QED) is 0.593. The van der Waals surface area contributed by atoms with Gasteiger partial charge in [-0.25, -0.2) is 0 Å². The first-order valence-corrected chi connectivity index (χ1v) is 6.29. The molecular formula is C15H10IN. The van der Waals surface area contributed by atoms with Gasteiger partial charge in [-0.1, -0.05) is 36.4 Å². The lowest BCUT2D eigenvalue weighted by molar-refractivity contribution is 1.48. The molecule has 0 bridgehead atoms. The normalized spacial score (nSPS) is 10.4. The molecule has 17 heavy (non-hydrogen) atoms. The fourth-order valence-corrected chi connectivity index (χ4v) is 2.04. The number of nitrogens with zero attached hydrogens (tertiary/aromatic N) is 1. The minimum absolute atomic E-state index is 0.691. The summed E-state index contributed by atoms with van der Waals surface area (Å²) in [6, 6.07) is 18.0. The van der Waals surface area contributed by atoms with Gasteiger partial charge in [-0.3, -0.25) is 0 Å². The van der Waals surface area contributed by atoms with E-state index in [1.165, 1.54) is 9.13 Å². The maximum Gasteiger partial charge on any atom is 0.0991 e. The molecular weight excluding hydrogens is 321 g/mol. The lowest BCUT2D eigenvalue weighted by Gasteiger charge is -1.96. The fourth-order valence-electron chi connectivity index (χ4n) is 1.47. The summed E-state index contributed by atoms with van der Waals surface area (Å²) in [6.07, 6.45) is 4.12. The highest BCUT2D eigenvalue weighted by atomic mass is 127. The van der Waals surface area contributed by atoms with Crippen molar-refractivity contribution in [2.75, 3.05) is 0 Å². The summed E-state index contributed by atoms with van der Waals surface area (Å²) in [5.41, 5.74) is 2.97. The van der Waals surface area contributed by atoms with E-state index in [1.54, 1.807) is 0 Å². The first-order chi connectivity index (χ1) is 8.28. The van der Waals surface area contributed by atoms with Gasteiger partial charge in [-0.05, 0) is 58.0 Å². The van der Waals surface area contributed by atoms with Crippen molar-refractivity contribution in [3.63, 3.8) is 0 Å². The van der Waals surface area contributed by atoms with Gasteiger partial charge in [0.2, 0.25) is 0 Å². The number of hydrogen-bond donors (Lipinski definition) is 0. The van der Waals surface area contributed by atoms with Crippen LogP contribution in [0, 0.1) is 14.9 Å². The SMILES string of the molecule is N#Cc1ccc(C=Cc2cccc(I)c2)cc1. The first-order valence-electron chi connectivity index (χ1n) is 5.22. The van der Waals surface area contributed by atoms with Crippen LogP contribution in [0.5, 0.6) is 0 Å². The van der Waals surface area contributed by atoms with Crippen LogP contribution in [-0.2, 0) is 0 Å². The molecule has 2 aromatic carbocycles. The summed E-state index contributed by atoms with van der Waals surface area (Å²) in [4.78, 5) is 0. The third kappa shape index (κ3) is 3.43. The van der Waals surface area contributed by atoms with E-state index < -0.39 is 0 Å². The Balaban J connectivity index is 2.17. The van der Waals surface area contributed by atoms with Gasteiger partial charge in [0.1, 0.15) is 0 Å². The summed E-state index contributed by atoms with van der Waals surface area (Å²) in [5, 5.41) is 8.70. The smallest absolute Gasteiger partial charge is 0.0991 e. The van der Waals surface area contributed by atoms with E-state index in [2.05, 4.69) is 52.9 Å². The van der Waals surface area contributed by atoms with Crippen LogP contribution in [0.15, 0.2) is 48.5 Å². The Morgan fingerprint density at radius 1 is 0.941 bits per heavy atom. The lowest BCUT2D eigenvalue weighted by Crippen LogP contribution is -1.76. The maximum absolute atomic E-state index is 8.70. The van der Waals surface area contributed by atoms with Gasteiger partial charge in [0.05, 0.1) is 11.6 Å². The van der Waals surface area contributed by atoms with Crippen LogP contribution < -0.4 is 0 Å². The van der Waals surface area contributed by atoms with Crippen molar-refractivity contribution < 1.29 is 0 Å². The van der Waals surface area contributed by atoms with Gasteiger partial charge >= 0.3 is 0 Å². The van der Waals surface area contributed by atoms with Crippen LogP contribution in [0.25, 0.3) is 12.2 Å². The molecule has 0 atom stereocenters. The van der Waals surface area contributed by atoms with Crippen molar-refractivity contribution in [2.24, 2.45) is 0 Å². The van der Waals surface area contributed by atoms with E-state index in [-0.39, 0.29) is 0 Å². The summed E-state index contributed by atoms with van der Waals surface area (Å²) in [7, 11) is 0. The highest BCUT2D eigenvalue weighted by Crippen LogP contribution is 2.12. The molecule has 2 aromatic rings. The summed E-state index contributed by atoms with van der Waals surface area (Å²) in [5.74, 6) is 0. The molecule has 0 amide bonds. The van der Waals surface area contributed by atoms with Crippen molar-refractivity contribution in [2.45, 2.75) is 0 Å². The molecule has 2 heteroatoms. The van der Waals surface area contributed by atoms with Crippen molar-refractivity contribution in [1.29, 1.82) is 5.26 Å². The topological polar surface area (TPSA) is 23.8 Å². The lowest BCUT2D eigenvalue weighted by atomic mass is 10.1. The Morgan fingerprint density at radius 2 is 1.65 bits per heavy atom. The van der Waals surface area contributed by atoms with Crippen LogP contribution in [0.4, 0.5) is 0 Å². The van der Waals surface area contributed by atoms with Gasteiger partial charge in [-0.2, -0.15) is 5.26 Å². The zero-order valence-corrected chi connectivity index (χ0v) is 11.3. The predicted molar refractivity (Wildman–Crippen MR) is 79.2 cm³/mol. The molecule has 82 valence electrons. The molecule has 0 aromatic heterocycles. The third-order valence-electron chi connectivity index (χ3n) is 2.36. The standard InChI is InChI=1S/C15H10IN/c16-15-3-1-2-13(10-15)7-4-12-5-8-14(11-17)9-6-12/h1-10H. The van der Waals surface area contributed by atoms with Crippen molar-refractivity contribution >= 4 is 34.7 Å². The van der Waals surface area contributed by atoms with Crippen molar-refractivity contribution in [1.82, 2.24) is 0 Å². The maximum atomic E-state index is 8.70. The van der Waals surface area contributed by atoms with E-state index in [1.807, 2.05) is 36.4 Å². The average Bonchev–Trinajstić information content (AvgIpc) is 2.37. The Labute approximate surface area is 115 Å². The van der Waals surface area contributed by atoms with E-state index in [0.717, 1.165) is 5.56 Å². The van der Waals surface area contributed by atoms with E-state index >= 15 is 0 Å². The Bertz CT molecular complexity index is 577. The number of nitriles is 1. The second kappa shape index (κ2) is 5.65. The monoisotopic (exact) mass is 331 g/mol. The zero-order valence-electron chi connectivity index (χ0n) is 9.10. The summed E-state index contributed by atoms with van der Waals surface area (Å²) < 4.78 is 1.23. The van der Waals surface area contributed by atoms with Crippen LogP contribution in [0.3, 0.4) is 0 Å². The van der Waals surface area contributed by atoms with Crippen molar-refractivity contribution in [3.8, 4) is 6.07 Å². The molecule has 0 radical (unpaired) electrons. The van der Waals surface area contributed by atoms with Gasteiger partial charge in [0.25, 0.3) is 0 Å². The van der Waals surface area contributed by atoms with E-state index in [9.17, 15) is 0 Å². The van der Waals surface area contributed by atoms with Crippen LogP contribution in [0.1, 0.15) is 16.7 Å². The minimum atomic E-state index is 0.691. The first kappa shape index (κ1) is 11.9. The Kier molecular flexibility index (Phi) is 3.94. The molecule has 0 saturated heterocycles. The molecule has 0 spiro atoms. The molecule has 2 rings (SSSR count). The van der Waals surface area contributed by atoms with E-state index in [4.69, 9.17) is 5.26 Å². The van der Waals surface area contributed by atoms with Crippen LogP contribution in [-0.4, -0.2) is 0 Å². The molecule has 0 unspecified atom stereocenters. The molecule has 0 fully saturated rings. The van der Waals surface area contributed by atoms with Gasteiger partial charge in [-0.15, -0.1) is 0 Å². The third-order valence-corrected chi connectivity index (χ3v) is 3.03. The van der Waals surface area contributed by atoms with Crippen molar-refractivity contribution in [3.05, 3.63) is 68.8 Å². The predicted octanol–water partition coefficient (Wildman–Crippen LogP) is 4.33. The molecule has 0 aliphatic rings. The van der Waals surface area contributed by atoms with Gasteiger partial charge in [0, 0.05) is 3.57 Å². The molecule has 0 saturated carbocycles. The molecule has 0 N–H and O–H groups in total. The number of halogens is 1. The Morgan fingerprint density at radius 3 is 2.29 bits per heavy atom. The minimum Gasteiger partial charge on any atom is -0.192 e. The number of hydrogen-bond acceptors (Lipinski definition) is 1. The molecule has 0 heterocycles. The average molecular weight is 331 g/mol. The van der Waals surface area contributed by atoms with Gasteiger partial charge < -0.3 is 0 Å². The zero-order chi connectivity index (χ0) is 12.1. The highest BCUT2D eigenvalue weighted by Gasteiger charge is 1.91. The summed E-state index contributed by atoms with van der Waals surface area (Å²) in [6.45, 7) is 0. The fraction of sp³-hybridized carbons (Fsp3) is 0. The molecule has 0 aliphatic heterocycles. The van der Waals surface area contributed by atoms with Gasteiger partial charge in [0.15, 0.2) is 0 Å². The van der Waals surface area contributed by atoms with Crippen LogP contribution >= 0.6 is 22.6 Å². The molecule has 0 aliphatic carbocycles. The second-order valence-corrected chi connectivity index (χ2v) is 4.87. The second-order valence-electron chi connectivity index (χ2n) is 3.62. The summed E-state index contributed by atoms with van der Waals surface area (Å²) >= 11 is 2.30. The van der Waals surface area contributed by atoms with Crippen LogP contribution in [0.2, 0.25) is 0 Å². The Hall–Kier alpha value is -1.60.